The molecule has 2 N–H and O–H groups in total. The van der Waals surface area contributed by atoms with Gasteiger partial charge in [-0.25, -0.2) is 4.79 Å². The molecular formula is C19H17ClF4N2O5S. The maximum atomic E-state index is 14.2. The molecule has 2 amide bonds. The highest BCUT2D eigenvalue weighted by atomic mass is 35.5. The van der Waals surface area contributed by atoms with Crippen molar-refractivity contribution >= 4 is 51.4 Å². The summed E-state index contributed by atoms with van der Waals surface area (Å²) in [5.74, 6) is -8.66. The van der Waals surface area contributed by atoms with E-state index in [-0.39, 0.29) is 22.6 Å². The smallest absolute Gasteiger partial charge is 0.458 e. The Labute approximate surface area is 188 Å². The van der Waals surface area contributed by atoms with Gasteiger partial charge in [-0.2, -0.15) is 17.6 Å². The summed E-state index contributed by atoms with van der Waals surface area (Å²) >= 11 is 6.34. The lowest BCUT2D eigenvalue weighted by molar-refractivity contribution is -0.305. The highest BCUT2D eigenvalue weighted by Gasteiger charge is 2.63. The van der Waals surface area contributed by atoms with Crippen LogP contribution in [-0.2, 0) is 14.3 Å². The van der Waals surface area contributed by atoms with Gasteiger partial charge < -0.3 is 20.1 Å². The Morgan fingerprint density at radius 1 is 1.16 bits per heavy atom. The highest BCUT2D eigenvalue weighted by Crippen LogP contribution is 2.39. The van der Waals surface area contributed by atoms with Crippen molar-refractivity contribution in [3.63, 3.8) is 0 Å². The van der Waals surface area contributed by atoms with Crippen molar-refractivity contribution in [3.05, 3.63) is 45.3 Å². The van der Waals surface area contributed by atoms with Gasteiger partial charge in [0, 0.05) is 17.8 Å². The average Bonchev–Trinajstić information content (AvgIpc) is 3.02. The van der Waals surface area contributed by atoms with Crippen molar-refractivity contribution in [1.82, 2.24) is 0 Å². The maximum absolute atomic E-state index is 14.2. The second-order valence-corrected chi connectivity index (χ2v) is 7.65. The van der Waals surface area contributed by atoms with Gasteiger partial charge in [-0.15, -0.1) is 11.3 Å². The minimum Gasteiger partial charge on any atom is -0.462 e. The Morgan fingerprint density at radius 2 is 1.81 bits per heavy atom. The van der Waals surface area contributed by atoms with E-state index in [1.165, 1.54) is 26.0 Å². The second-order valence-electron chi connectivity index (χ2n) is 6.20. The number of methoxy groups -OCH3 is 1. The number of benzene rings is 1. The first-order chi connectivity index (χ1) is 14.9. The quantitative estimate of drug-likeness (QED) is 0.418. The lowest BCUT2D eigenvalue weighted by Crippen LogP contribution is -2.52. The number of esters is 1. The first-order valence-corrected chi connectivity index (χ1v) is 10.0. The number of alkyl halides is 4. The molecule has 0 unspecified atom stereocenters. The van der Waals surface area contributed by atoms with Gasteiger partial charge in [0.05, 0.1) is 17.0 Å². The van der Waals surface area contributed by atoms with Crippen LogP contribution < -0.4 is 10.6 Å². The number of halogens is 5. The third-order valence-electron chi connectivity index (χ3n) is 4.08. The maximum Gasteiger partial charge on any atom is 0.458 e. The molecule has 174 valence electrons. The van der Waals surface area contributed by atoms with Gasteiger partial charge in [-0.1, -0.05) is 17.7 Å². The number of rotatable bonds is 7. The Hall–Kier alpha value is -2.70. The molecule has 0 aliphatic rings. The fraction of sp³-hybridized carbons (Fsp3) is 0.316. The average molecular weight is 497 g/mol. The molecule has 0 saturated carbocycles. The molecule has 7 nitrogen and oxygen atoms in total. The van der Waals surface area contributed by atoms with E-state index >= 15 is 0 Å². The zero-order valence-electron chi connectivity index (χ0n) is 16.9. The number of anilines is 2. The molecule has 0 aliphatic carbocycles. The normalized spacial score (nSPS) is 13.2. The minimum atomic E-state index is -5.70. The largest absolute Gasteiger partial charge is 0.462 e. The number of thiophene rings is 1. The van der Waals surface area contributed by atoms with Gasteiger partial charge in [0.2, 0.25) is 0 Å². The topological polar surface area (TPSA) is 93.7 Å². The number of hydrogen-bond acceptors (Lipinski definition) is 6. The van der Waals surface area contributed by atoms with E-state index in [1.54, 1.807) is 17.4 Å². The lowest BCUT2D eigenvalue weighted by atomic mass is 10.1. The van der Waals surface area contributed by atoms with Crippen LogP contribution in [0.1, 0.15) is 32.5 Å². The Balaban J connectivity index is 2.47. The van der Waals surface area contributed by atoms with E-state index < -0.39 is 34.8 Å². The van der Waals surface area contributed by atoms with Crippen molar-refractivity contribution in [2.24, 2.45) is 0 Å². The molecular weight excluding hydrogens is 480 g/mol. The lowest BCUT2D eigenvalue weighted by Gasteiger charge is -2.24. The van der Waals surface area contributed by atoms with Crippen LogP contribution in [0.5, 0.6) is 0 Å². The van der Waals surface area contributed by atoms with E-state index in [1.807, 2.05) is 0 Å². The number of carbonyl (C=O) groups excluding carboxylic acids is 3. The number of ether oxygens (including phenoxy) is 2. The van der Waals surface area contributed by atoms with Crippen molar-refractivity contribution < 1.29 is 41.4 Å². The first kappa shape index (κ1) is 25.6. The van der Waals surface area contributed by atoms with Crippen molar-refractivity contribution in [2.45, 2.75) is 25.9 Å². The number of nitrogens with one attached hydrogen (secondary N) is 2. The fourth-order valence-corrected chi connectivity index (χ4v) is 3.82. The molecule has 0 aliphatic heterocycles. The molecule has 0 fully saturated rings. The van der Waals surface area contributed by atoms with Gasteiger partial charge in [0.15, 0.2) is 0 Å². The molecule has 2 rings (SSSR count). The minimum absolute atomic E-state index is 0.0113. The first-order valence-electron chi connectivity index (χ1n) is 8.85. The summed E-state index contributed by atoms with van der Waals surface area (Å²) in [5.41, 5.74) is -0.0722. The van der Waals surface area contributed by atoms with Crippen LogP contribution in [0, 0.1) is 6.92 Å². The van der Waals surface area contributed by atoms with Crippen LogP contribution >= 0.6 is 22.9 Å². The van der Waals surface area contributed by atoms with Crippen LogP contribution in [0.3, 0.4) is 0 Å². The summed E-state index contributed by atoms with van der Waals surface area (Å²) in [4.78, 5) is 37.0. The summed E-state index contributed by atoms with van der Waals surface area (Å²) in [6.45, 7) is 2.71. The van der Waals surface area contributed by atoms with E-state index in [9.17, 15) is 31.9 Å². The van der Waals surface area contributed by atoms with Crippen molar-refractivity contribution in [2.75, 3.05) is 24.4 Å². The fourth-order valence-electron chi connectivity index (χ4n) is 2.54. The van der Waals surface area contributed by atoms with Crippen molar-refractivity contribution in [1.29, 1.82) is 0 Å². The van der Waals surface area contributed by atoms with E-state index in [2.05, 4.69) is 10.1 Å². The molecule has 1 aromatic heterocycles. The summed E-state index contributed by atoms with van der Waals surface area (Å²) in [6, 6.07) is 6.11. The monoisotopic (exact) mass is 496 g/mol. The SMILES string of the molecule is CCOC(=O)c1c(NC(=O)[C@@](F)(OC)C(F)(F)F)sc(C(=O)Nc2cccc(Cl)c2)c1C. The van der Waals surface area contributed by atoms with Crippen LogP contribution in [0.25, 0.3) is 0 Å². The molecule has 0 spiro atoms. The van der Waals surface area contributed by atoms with Crippen LogP contribution in [0.2, 0.25) is 5.02 Å². The zero-order valence-corrected chi connectivity index (χ0v) is 18.4. The Bertz CT molecular complexity index is 1040. The van der Waals surface area contributed by atoms with E-state index in [0.717, 1.165) is 0 Å². The molecule has 32 heavy (non-hydrogen) atoms. The van der Waals surface area contributed by atoms with Crippen LogP contribution in [0.4, 0.5) is 28.3 Å². The number of hydrogen-bond donors (Lipinski definition) is 2. The molecule has 0 bridgehead atoms. The molecule has 0 saturated heterocycles. The van der Waals surface area contributed by atoms with E-state index in [0.29, 0.717) is 29.2 Å². The summed E-state index contributed by atoms with van der Waals surface area (Å²) in [6.07, 6.45) is -5.70. The Morgan fingerprint density at radius 3 is 2.34 bits per heavy atom. The van der Waals surface area contributed by atoms with Gasteiger partial charge >= 0.3 is 23.9 Å². The van der Waals surface area contributed by atoms with E-state index in [4.69, 9.17) is 16.3 Å². The molecule has 1 aromatic carbocycles. The van der Waals surface area contributed by atoms with Gasteiger partial charge in [-0.3, -0.25) is 9.59 Å². The summed E-state index contributed by atoms with van der Waals surface area (Å²) in [5, 5.41) is 4.03. The molecule has 0 radical (unpaired) electrons. The number of carbonyl (C=O) groups is 3. The predicted molar refractivity (Wildman–Crippen MR) is 110 cm³/mol. The number of amides is 2. The highest BCUT2D eigenvalue weighted by molar-refractivity contribution is 7.19. The third-order valence-corrected chi connectivity index (χ3v) is 5.52. The predicted octanol–water partition coefficient (Wildman–Crippen LogP) is 4.95. The standard InChI is InChI=1S/C19H17ClF4N2O5S/c1-4-31-16(28)12-9(2)13(14(27)25-11-7-5-6-10(20)8-11)32-15(12)26-17(29)18(21,30-3)19(22,23)24/h5-8H,4H2,1-3H3,(H,25,27)(H,26,29)/t18-/m1/s1. The molecule has 1 heterocycles. The molecule has 2 aromatic rings. The molecule has 1 atom stereocenters. The summed E-state index contributed by atoms with van der Waals surface area (Å²) < 4.78 is 61.8. The van der Waals surface area contributed by atoms with Crippen LogP contribution in [0.15, 0.2) is 24.3 Å². The molecule has 13 heteroatoms. The van der Waals surface area contributed by atoms with Crippen molar-refractivity contribution in [3.8, 4) is 0 Å². The summed E-state index contributed by atoms with van der Waals surface area (Å²) in [7, 11) is 0.364. The van der Waals surface area contributed by atoms with Crippen LogP contribution in [-0.4, -0.2) is 43.5 Å². The van der Waals surface area contributed by atoms with Gasteiger partial charge in [-0.05, 0) is 37.6 Å². The van der Waals surface area contributed by atoms with Gasteiger partial charge in [0.1, 0.15) is 5.00 Å². The zero-order chi connectivity index (χ0) is 24.3. The Kier molecular flexibility index (Phi) is 7.86. The third kappa shape index (κ3) is 5.19. The second kappa shape index (κ2) is 9.84. The van der Waals surface area contributed by atoms with Gasteiger partial charge in [0.25, 0.3) is 5.91 Å².